The molecule has 0 saturated carbocycles. The Kier molecular flexibility index (Phi) is 6.61. The maximum absolute atomic E-state index is 13.2. The largest absolute Gasteiger partial charge is 0.379 e. The van der Waals surface area contributed by atoms with Crippen molar-refractivity contribution in [2.24, 2.45) is 0 Å². The van der Waals surface area contributed by atoms with Crippen LogP contribution in [0.2, 0.25) is 5.02 Å². The van der Waals surface area contributed by atoms with Crippen LogP contribution in [0, 0.1) is 5.82 Å². The average Bonchev–Trinajstić information content (AvgIpc) is 3.14. The molecule has 0 unspecified atom stereocenters. The summed E-state index contributed by atoms with van der Waals surface area (Å²) in [6, 6.07) is 8.88. The topological polar surface area (TPSA) is 36.5 Å². The number of thiocarbonyl (C=S) groups is 1. The normalized spacial score (nSPS) is 16.4. The molecule has 1 atom stereocenters. The third-order valence-electron chi connectivity index (χ3n) is 3.99. The molecule has 1 aliphatic rings. The van der Waals surface area contributed by atoms with Crippen molar-refractivity contribution in [1.82, 2.24) is 10.2 Å². The molecule has 4 nitrogen and oxygen atoms in total. The summed E-state index contributed by atoms with van der Waals surface area (Å²) in [5, 5.41) is 8.94. The molecule has 1 aliphatic heterocycles. The molecular weight excluding hydrogens is 381 g/mol. The van der Waals surface area contributed by atoms with Crippen molar-refractivity contribution in [3.05, 3.63) is 51.4 Å². The molecule has 0 aliphatic carbocycles. The van der Waals surface area contributed by atoms with E-state index in [-0.39, 0.29) is 11.1 Å². The molecule has 8 heteroatoms. The molecule has 1 aromatic carbocycles. The van der Waals surface area contributed by atoms with E-state index in [0.717, 1.165) is 26.3 Å². The van der Waals surface area contributed by atoms with Crippen molar-refractivity contribution in [3.63, 3.8) is 0 Å². The molecular formula is C17H19ClFN3OS2. The second-order valence-electron chi connectivity index (χ2n) is 5.64. The first kappa shape index (κ1) is 18.5. The minimum atomic E-state index is -0.448. The van der Waals surface area contributed by atoms with E-state index >= 15 is 0 Å². The van der Waals surface area contributed by atoms with Crippen molar-refractivity contribution in [2.45, 2.75) is 6.04 Å². The smallest absolute Gasteiger partial charge is 0.170 e. The van der Waals surface area contributed by atoms with Crippen LogP contribution >= 0.6 is 35.2 Å². The van der Waals surface area contributed by atoms with Gasteiger partial charge in [-0.05, 0) is 41.9 Å². The van der Waals surface area contributed by atoms with Gasteiger partial charge in [0.1, 0.15) is 5.82 Å². The second-order valence-corrected chi connectivity index (χ2v) is 7.44. The van der Waals surface area contributed by atoms with Crippen molar-refractivity contribution in [2.75, 3.05) is 38.2 Å². The standard InChI is InChI=1S/C17H19ClFN3OS2/c18-13-10-12(3-4-14(13)19)21-17(24)20-11-15(16-2-1-9-25-16)22-5-7-23-8-6-22/h1-4,9-10,15H,5-8,11H2,(H2,20,21,24)/t15-/m1/s1. The van der Waals surface area contributed by atoms with Crippen LogP contribution in [0.25, 0.3) is 0 Å². The lowest BCUT2D eigenvalue weighted by molar-refractivity contribution is 0.0177. The quantitative estimate of drug-likeness (QED) is 0.746. The SMILES string of the molecule is Fc1ccc(NC(=S)NC[C@H](c2cccs2)N2CCOCC2)cc1Cl. The molecule has 2 N–H and O–H groups in total. The fraction of sp³-hybridized carbons (Fsp3) is 0.353. The summed E-state index contributed by atoms with van der Waals surface area (Å²) in [6.07, 6.45) is 0. The van der Waals surface area contributed by atoms with Crippen LogP contribution in [0.4, 0.5) is 10.1 Å². The molecule has 0 amide bonds. The predicted octanol–water partition coefficient (Wildman–Crippen LogP) is 3.90. The number of hydrogen-bond acceptors (Lipinski definition) is 4. The lowest BCUT2D eigenvalue weighted by atomic mass is 10.2. The molecule has 1 aromatic heterocycles. The highest BCUT2D eigenvalue weighted by Crippen LogP contribution is 2.25. The van der Waals surface area contributed by atoms with Gasteiger partial charge >= 0.3 is 0 Å². The van der Waals surface area contributed by atoms with Crippen molar-refractivity contribution in [3.8, 4) is 0 Å². The first-order chi connectivity index (χ1) is 12.1. The first-order valence-corrected chi connectivity index (χ1v) is 9.65. The number of anilines is 1. The number of benzene rings is 1. The monoisotopic (exact) mass is 399 g/mol. The molecule has 1 saturated heterocycles. The Morgan fingerprint density at radius 3 is 2.84 bits per heavy atom. The summed E-state index contributed by atoms with van der Waals surface area (Å²) in [4.78, 5) is 3.70. The Labute approximate surface area is 160 Å². The zero-order valence-electron chi connectivity index (χ0n) is 13.5. The van der Waals surface area contributed by atoms with Gasteiger partial charge in [0, 0.05) is 30.2 Å². The van der Waals surface area contributed by atoms with E-state index in [1.165, 1.54) is 17.0 Å². The summed E-state index contributed by atoms with van der Waals surface area (Å²) in [5.41, 5.74) is 0.656. The molecule has 0 bridgehead atoms. The van der Waals surface area contributed by atoms with Crippen LogP contribution < -0.4 is 10.6 Å². The van der Waals surface area contributed by atoms with Gasteiger partial charge in [0.2, 0.25) is 0 Å². The Hall–Kier alpha value is -1.25. The van der Waals surface area contributed by atoms with E-state index < -0.39 is 5.82 Å². The van der Waals surface area contributed by atoms with E-state index in [1.54, 1.807) is 17.4 Å². The maximum Gasteiger partial charge on any atom is 0.170 e. The molecule has 0 spiro atoms. The van der Waals surface area contributed by atoms with Gasteiger partial charge in [-0.3, -0.25) is 4.90 Å². The lowest BCUT2D eigenvalue weighted by Gasteiger charge is -2.34. The number of morpholine rings is 1. The Bertz CT molecular complexity index is 708. The predicted molar refractivity (Wildman–Crippen MR) is 105 cm³/mol. The molecule has 2 heterocycles. The number of rotatable bonds is 5. The van der Waals surface area contributed by atoms with Crippen LogP contribution in [-0.2, 0) is 4.74 Å². The summed E-state index contributed by atoms with van der Waals surface area (Å²) in [5.74, 6) is -0.448. The summed E-state index contributed by atoms with van der Waals surface area (Å²) < 4.78 is 18.7. The van der Waals surface area contributed by atoms with Crippen LogP contribution in [0.5, 0.6) is 0 Å². The third kappa shape index (κ3) is 5.12. The molecule has 3 rings (SSSR count). The van der Waals surface area contributed by atoms with E-state index in [0.29, 0.717) is 17.3 Å². The van der Waals surface area contributed by atoms with Gasteiger partial charge in [0.15, 0.2) is 5.11 Å². The van der Waals surface area contributed by atoms with E-state index in [9.17, 15) is 4.39 Å². The van der Waals surface area contributed by atoms with E-state index in [1.807, 2.05) is 0 Å². The van der Waals surface area contributed by atoms with Crippen LogP contribution in [0.1, 0.15) is 10.9 Å². The highest BCUT2D eigenvalue weighted by molar-refractivity contribution is 7.80. The highest BCUT2D eigenvalue weighted by atomic mass is 35.5. The number of thiophene rings is 1. The summed E-state index contributed by atoms with van der Waals surface area (Å²) >= 11 is 12.9. The van der Waals surface area contributed by atoms with Crippen LogP contribution in [-0.4, -0.2) is 42.9 Å². The van der Waals surface area contributed by atoms with Gasteiger partial charge in [-0.2, -0.15) is 0 Å². The summed E-state index contributed by atoms with van der Waals surface area (Å²) in [6.45, 7) is 3.98. The molecule has 134 valence electrons. The van der Waals surface area contributed by atoms with Gasteiger partial charge in [0.25, 0.3) is 0 Å². The average molecular weight is 400 g/mol. The zero-order valence-corrected chi connectivity index (χ0v) is 15.9. The van der Waals surface area contributed by atoms with Gasteiger partial charge < -0.3 is 15.4 Å². The number of ether oxygens (including phenoxy) is 1. The van der Waals surface area contributed by atoms with Crippen molar-refractivity contribution in [1.29, 1.82) is 0 Å². The molecule has 1 fully saturated rings. The minimum Gasteiger partial charge on any atom is -0.379 e. The van der Waals surface area contributed by atoms with Gasteiger partial charge in [0.05, 0.1) is 24.3 Å². The zero-order chi connectivity index (χ0) is 17.6. The molecule has 0 radical (unpaired) electrons. The number of nitrogens with one attached hydrogen (secondary N) is 2. The lowest BCUT2D eigenvalue weighted by Crippen LogP contribution is -2.44. The Morgan fingerprint density at radius 1 is 1.36 bits per heavy atom. The second kappa shape index (κ2) is 8.91. The minimum absolute atomic E-state index is 0.0672. The fourth-order valence-corrected chi connectivity index (χ4v) is 3.96. The highest BCUT2D eigenvalue weighted by Gasteiger charge is 2.23. The van der Waals surface area contributed by atoms with Crippen molar-refractivity contribution >= 4 is 46.0 Å². The Balaban J connectivity index is 1.60. The van der Waals surface area contributed by atoms with Gasteiger partial charge in [-0.1, -0.05) is 17.7 Å². The number of halogens is 2. The van der Waals surface area contributed by atoms with E-state index in [4.69, 9.17) is 28.6 Å². The summed E-state index contributed by atoms with van der Waals surface area (Å²) in [7, 11) is 0. The number of nitrogens with zero attached hydrogens (tertiary/aromatic N) is 1. The molecule has 25 heavy (non-hydrogen) atoms. The van der Waals surface area contributed by atoms with Crippen LogP contribution in [0.3, 0.4) is 0 Å². The third-order valence-corrected chi connectivity index (χ3v) is 5.50. The van der Waals surface area contributed by atoms with Crippen LogP contribution in [0.15, 0.2) is 35.7 Å². The fourth-order valence-electron chi connectivity index (χ4n) is 2.72. The Morgan fingerprint density at radius 2 is 2.16 bits per heavy atom. The maximum atomic E-state index is 13.2. The number of hydrogen-bond donors (Lipinski definition) is 2. The molecule has 2 aromatic rings. The van der Waals surface area contributed by atoms with Gasteiger partial charge in [-0.25, -0.2) is 4.39 Å². The first-order valence-electron chi connectivity index (χ1n) is 7.98. The van der Waals surface area contributed by atoms with Crippen molar-refractivity contribution < 1.29 is 9.13 Å². The van der Waals surface area contributed by atoms with Gasteiger partial charge in [-0.15, -0.1) is 11.3 Å². The van der Waals surface area contributed by atoms with E-state index in [2.05, 4.69) is 33.0 Å².